The molecule has 1 aromatic heterocycles. The molecule has 144 valence electrons. The first kappa shape index (κ1) is 18.8. The van der Waals surface area contributed by atoms with E-state index in [2.05, 4.69) is 15.2 Å². The van der Waals surface area contributed by atoms with Gasteiger partial charge in [0, 0.05) is 42.3 Å². The largest absolute Gasteiger partial charge is 0.322 e. The van der Waals surface area contributed by atoms with Gasteiger partial charge in [-0.3, -0.25) is 9.59 Å². The van der Waals surface area contributed by atoms with E-state index in [-0.39, 0.29) is 11.1 Å². The molecule has 2 aromatic carbocycles. The number of anilines is 1. The molecule has 0 radical (unpaired) electrons. The van der Waals surface area contributed by atoms with Gasteiger partial charge in [0.2, 0.25) is 0 Å². The Labute approximate surface area is 168 Å². The molecule has 3 aromatic rings. The molecule has 0 bridgehead atoms. The zero-order valence-corrected chi connectivity index (χ0v) is 16.4. The van der Waals surface area contributed by atoms with Gasteiger partial charge in [0.25, 0.3) is 11.5 Å². The number of aromatic nitrogens is 1. The lowest BCUT2D eigenvalue weighted by Gasteiger charge is -2.26. The normalized spacial score (nSPS) is 14.9. The third kappa shape index (κ3) is 4.46. The number of thioether (sulfide) groups is 1. The third-order valence-electron chi connectivity index (χ3n) is 5.03. The number of rotatable bonds is 5. The van der Waals surface area contributed by atoms with Crippen LogP contribution in [-0.2, 0) is 6.42 Å². The number of benzene rings is 2. The maximum atomic E-state index is 12.6. The van der Waals surface area contributed by atoms with Crippen LogP contribution >= 0.6 is 11.8 Å². The van der Waals surface area contributed by atoms with E-state index >= 15 is 0 Å². The second-order valence-electron chi connectivity index (χ2n) is 6.95. The summed E-state index contributed by atoms with van der Waals surface area (Å²) in [6.07, 6.45) is 1.00. The van der Waals surface area contributed by atoms with Gasteiger partial charge in [-0.25, -0.2) is 0 Å². The van der Waals surface area contributed by atoms with Crippen molar-refractivity contribution < 1.29 is 4.79 Å². The maximum absolute atomic E-state index is 12.6. The Morgan fingerprint density at radius 1 is 1.07 bits per heavy atom. The van der Waals surface area contributed by atoms with Gasteiger partial charge in [-0.05, 0) is 41.6 Å². The van der Waals surface area contributed by atoms with Gasteiger partial charge in [-0.15, -0.1) is 0 Å². The number of pyridine rings is 1. The number of carbonyl (C=O) groups excluding carboxylic acids is 1. The minimum absolute atomic E-state index is 0.116. The standard InChI is InChI=1S/C22H23N3O2S/c26-21(19-15-17-3-1-2-4-20(17)24-22(19)27)23-18-7-5-16(6-8-18)9-10-25-11-13-28-14-12-25/h1-8,15H,9-14H2,(H,23,26)(H,24,27). The van der Waals surface area contributed by atoms with Gasteiger partial charge in [0.15, 0.2) is 0 Å². The van der Waals surface area contributed by atoms with Crippen LogP contribution in [0, 0.1) is 0 Å². The zero-order chi connectivity index (χ0) is 19.3. The molecular formula is C22H23N3O2S. The van der Waals surface area contributed by atoms with Gasteiger partial charge in [-0.2, -0.15) is 11.8 Å². The molecule has 0 aliphatic carbocycles. The number of H-pyrrole nitrogens is 1. The minimum atomic E-state index is -0.398. The van der Waals surface area contributed by atoms with E-state index < -0.39 is 5.91 Å². The van der Waals surface area contributed by atoms with E-state index in [0.29, 0.717) is 5.69 Å². The number of nitrogens with one attached hydrogen (secondary N) is 2. The summed E-state index contributed by atoms with van der Waals surface area (Å²) in [6, 6.07) is 16.9. The number of hydrogen-bond donors (Lipinski definition) is 2. The van der Waals surface area contributed by atoms with Crippen LogP contribution < -0.4 is 10.9 Å². The summed E-state index contributed by atoms with van der Waals surface area (Å²) in [5, 5.41) is 3.66. The van der Waals surface area contributed by atoms with Crippen LogP contribution in [0.1, 0.15) is 15.9 Å². The molecule has 1 amide bonds. The molecule has 5 nitrogen and oxygen atoms in total. The zero-order valence-electron chi connectivity index (χ0n) is 15.6. The monoisotopic (exact) mass is 393 g/mol. The van der Waals surface area contributed by atoms with E-state index in [1.165, 1.54) is 30.2 Å². The quantitative estimate of drug-likeness (QED) is 0.698. The third-order valence-corrected chi connectivity index (χ3v) is 5.97. The Morgan fingerprint density at radius 2 is 1.82 bits per heavy atom. The number of amides is 1. The molecule has 28 heavy (non-hydrogen) atoms. The van der Waals surface area contributed by atoms with Gasteiger partial charge in [0.05, 0.1) is 0 Å². The number of aromatic amines is 1. The van der Waals surface area contributed by atoms with Crippen LogP contribution in [0.15, 0.2) is 59.4 Å². The first-order valence-corrected chi connectivity index (χ1v) is 10.7. The summed E-state index contributed by atoms with van der Waals surface area (Å²) >= 11 is 2.02. The fourth-order valence-corrected chi connectivity index (χ4v) is 4.36. The Morgan fingerprint density at radius 3 is 2.61 bits per heavy atom. The van der Waals surface area contributed by atoms with Crippen molar-refractivity contribution in [2.75, 3.05) is 36.5 Å². The molecule has 6 heteroatoms. The highest BCUT2D eigenvalue weighted by atomic mass is 32.2. The van der Waals surface area contributed by atoms with Crippen LogP contribution in [0.25, 0.3) is 10.9 Å². The van der Waals surface area contributed by atoms with Gasteiger partial charge in [0.1, 0.15) is 5.56 Å². The molecule has 0 unspecified atom stereocenters. The van der Waals surface area contributed by atoms with E-state index in [1.807, 2.05) is 60.3 Å². The number of carbonyl (C=O) groups is 1. The summed E-state index contributed by atoms with van der Waals surface area (Å²) in [5.41, 5.74) is 2.40. The molecule has 4 rings (SSSR count). The first-order valence-electron chi connectivity index (χ1n) is 9.51. The van der Waals surface area contributed by atoms with Crippen LogP contribution in [0.4, 0.5) is 5.69 Å². The Balaban J connectivity index is 1.40. The number of para-hydroxylation sites is 1. The van der Waals surface area contributed by atoms with Crippen molar-refractivity contribution in [3.63, 3.8) is 0 Å². The number of hydrogen-bond acceptors (Lipinski definition) is 4. The smallest absolute Gasteiger partial charge is 0.261 e. The van der Waals surface area contributed by atoms with Crippen LogP contribution in [0.3, 0.4) is 0 Å². The topological polar surface area (TPSA) is 65.2 Å². The Hall–Kier alpha value is -2.57. The van der Waals surface area contributed by atoms with Gasteiger partial charge < -0.3 is 15.2 Å². The SMILES string of the molecule is O=C(Nc1ccc(CCN2CCSCC2)cc1)c1cc2ccccc2[nH]c1=O. The van der Waals surface area contributed by atoms with Gasteiger partial charge in [-0.1, -0.05) is 30.3 Å². The summed E-state index contributed by atoms with van der Waals surface area (Å²) in [5.74, 6) is 2.04. The van der Waals surface area contributed by atoms with Crippen molar-refractivity contribution >= 4 is 34.3 Å². The summed E-state index contributed by atoms with van der Waals surface area (Å²) in [7, 11) is 0. The average molecular weight is 394 g/mol. The summed E-state index contributed by atoms with van der Waals surface area (Å²) < 4.78 is 0. The molecule has 2 heterocycles. The lowest BCUT2D eigenvalue weighted by atomic mass is 10.1. The molecule has 1 saturated heterocycles. The molecule has 0 saturated carbocycles. The molecule has 1 aliphatic rings. The van der Waals surface area contributed by atoms with Crippen molar-refractivity contribution in [2.24, 2.45) is 0 Å². The Bertz CT molecular complexity index is 1020. The highest BCUT2D eigenvalue weighted by Crippen LogP contribution is 2.15. The second-order valence-corrected chi connectivity index (χ2v) is 8.18. The van der Waals surface area contributed by atoms with E-state index in [4.69, 9.17) is 0 Å². The fourth-order valence-electron chi connectivity index (χ4n) is 3.38. The Kier molecular flexibility index (Phi) is 5.78. The van der Waals surface area contributed by atoms with E-state index in [1.54, 1.807) is 6.07 Å². The molecule has 0 spiro atoms. The fraction of sp³-hybridized carbons (Fsp3) is 0.273. The molecular weight excluding hydrogens is 370 g/mol. The van der Waals surface area contributed by atoms with Crippen molar-refractivity contribution in [1.29, 1.82) is 0 Å². The number of nitrogens with zero attached hydrogens (tertiary/aromatic N) is 1. The lowest BCUT2D eigenvalue weighted by molar-refractivity contribution is 0.102. The second kappa shape index (κ2) is 8.63. The van der Waals surface area contributed by atoms with E-state index in [0.717, 1.165) is 23.9 Å². The van der Waals surface area contributed by atoms with Gasteiger partial charge >= 0.3 is 0 Å². The molecule has 1 fully saturated rings. The van der Waals surface area contributed by atoms with Crippen molar-refractivity contribution in [2.45, 2.75) is 6.42 Å². The molecule has 1 aliphatic heterocycles. The van der Waals surface area contributed by atoms with Crippen LogP contribution in [-0.4, -0.2) is 46.9 Å². The van der Waals surface area contributed by atoms with Crippen LogP contribution in [0.5, 0.6) is 0 Å². The lowest BCUT2D eigenvalue weighted by Crippen LogP contribution is -2.34. The average Bonchev–Trinajstić information content (AvgIpc) is 2.73. The molecule has 0 atom stereocenters. The predicted octanol–water partition coefficient (Wildman–Crippen LogP) is 3.37. The summed E-state index contributed by atoms with van der Waals surface area (Å²) in [4.78, 5) is 30.0. The minimum Gasteiger partial charge on any atom is -0.322 e. The predicted molar refractivity (Wildman–Crippen MR) is 116 cm³/mol. The highest BCUT2D eigenvalue weighted by Gasteiger charge is 2.13. The van der Waals surface area contributed by atoms with Crippen molar-refractivity contribution in [3.8, 4) is 0 Å². The van der Waals surface area contributed by atoms with Crippen LogP contribution in [0.2, 0.25) is 0 Å². The van der Waals surface area contributed by atoms with Crippen molar-refractivity contribution in [1.82, 2.24) is 9.88 Å². The first-order chi connectivity index (χ1) is 13.7. The molecule has 2 N–H and O–H groups in total. The van der Waals surface area contributed by atoms with E-state index in [9.17, 15) is 9.59 Å². The van der Waals surface area contributed by atoms with Crippen molar-refractivity contribution in [3.05, 3.63) is 76.1 Å². The maximum Gasteiger partial charge on any atom is 0.261 e. The summed E-state index contributed by atoms with van der Waals surface area (Å²) in [6.45, 7) is 3.40. The number of fused-ring (bicyclic) bond motifs is 1. The highest BCUT2D eigenvalue weighted by molar-refractivity contribution is 7.99.